The van der Waals surface area contributed by atoms with E-state index < -0.39 is 10.2 Å². The molecule has 1 fully saturated rings. The van der Waals surface area contributed by atoms with Crippen molar-refractivity contribution in [3.63, 3.8) is 0 Å². The van der Waals surface area contributed by atoms with Crippen molar-refractivity contribution in [1.29, 1.82) is 0 Å². The molecule has 24 heavy (non-hydrogen) atoms. The summed E-state index contributed by atoms with van der Waals surface area (Å²) in [7, 11) is -3.45. The van der Waals surface area contributed by atoms with Gasteiger partial charge in [0.15, 0.2) is 0 Å². The Morgan fingerprint density at radius 2 is 1.50 bits per heavy atom. The third-order valence-corrected chi connectivity index (χ3v) is 6.01. The molecular weight excluding hydrogens is 326 g/mol. The third kappa shape index (κ3) is 6.33. The van der Waals surface area contributed by atoms with Gasteiger partial charge in [-0.3, -0.25) is 4.79 Å². The number of piperidine rings is 1. The molecule has 0 aromatic heterocycles. The maximum absolute atomic E-state index is 13.0. The summed E-state index contributed by atoms with van der Waals surface area (Å²) in [6.45, 7) is 13.9. The van der Waals surface area contributed by atoms with E-state index >= 15 is 0 Å². The zero-order chi connectivity index (χ0) is 18.5. The lowest BCUT2D eigenvalue weighted by atomic mass is 9.97. The van der Waals surface area contributed by atoms with Gasteiger partial charge in [-0.05, 0) is 38.5 Å². The van der Waals surface area contributed by atoms with Crippen molar-refractivity contribution in [3.8, 4) is 0 Å². The maximum atomic E-state index is 13.0. The SMILES string of the molecule is CC(C)CN(CC(C)C)S(=O)(=O)N1CCC(C(=O)NC(C)C)CC1. The molecule has 1 N–H and O–H groups in total. The first-order valence-corrected chi connectivity index (χ1v) is 10.5. The summed E-state index contributed by atoms with van der Waals surface area (Å²) in [4.78, 5) is 12.1. The Morgan fingerprint density at radius 1 is 1.04 bits per heavy atom. The van der Waals surface area contributed by atoms with E-state index in [1.165, 1.54) is 0 Å². The van der Waals surface area contributed by atoms with Gasteiger partial charge >= 0.3 is 0 Å². The first-order chi connectivity index (χ1) is 11.0. The summed E-state index contributed by atoms with van der Waals surface area (Å²) < 4.78 is 29.1. The minimum Gasteiger partial charge on any atom is -0.354 e. The maximum Gasteiger partial charge on any atom is 0.281 e. The van der Waals surface area contributed by atoms with Crippen molar-refractivity contribution >= 4 is 16.1 Å². The zero-order valence-electron chi connectivity index (χ0n) is 16.1. The van der Waals surface area contributed by atoms with Crippen molar-refractivity contribution in [2.45, 2.75) is 60.4 Å². The summed E-state index contributed by atoms with van der Waals surface area (Å²) in [5.74, 6) is 0.534. The molecule has 1 amide bonds. The minimum atomic E-state index is -3.45. The normalized spacial score (nSPS) is 18.1. The van der Waals surface area contributed by atoms with Gasteiger partial charge in [-0.1, -0.05) is 27.7 Å². The molecule has 0 radical (unpaired) electrons. The lowest BCUT2D eigenvalue weighted by Crippen LogP contribution is -2.50. The van der Waals surface area contributed by atoms with E-state index in [1.54, 1.807) is 8.61 Å². The number of hydrogen-bond acceptors (Lipinski definition) is 3. The number of hydrogen-bond donors (Lipinski definition) is 1. The summed E-state index contributed by atoms with van der Waals surface area (Å²) in [6, 6.07) is 0.117. The highest BCUT2D eigenvalue weighted by atomic mass is 32.2. The van der Waals surface area contributed by atoms with E-state index in [2.05, 4.69) is 5.32 Å². The number of carbonyl (C=O) groups excluding carboxylic acids is 1. The molecule has 0 bridgehead atoms. The second-order valence-corrected chi connectivity index (χ2v) is 9.88. The Kier molecular flexibility index (Phi) is 8.15. The van der Waals surface area contributed by atoms with E-state index in [1.807, 2.05) is 41.5 Å². The van der Waals surface area contributed by atoms with Crippen LogP contribution >= 0.6 is 0 Å². The Balaban J connectivity index is 2.73. The fourth-order valence-corrected chi connectivity index (χ4v) is 4.96. The molecule has 1 heterocycles. The van der Waals surface area contributed by atoms with Crippen molar-refractivity contribution < 1.29 is 13.2 Å². The van der Waals surface area contributed by atoms with Crippen LogP contribution in [-0.2, 0) is 15.0 Å². The molecule has 0 saturated carbocycles. The molecule has 1 aliphatic heterocycles. The molecule has 0 spiro atoms. The molecule has 0 atom stereocenters. The molecule has 7 heteroatoms. The standard InChI is InChI=1S/C17H35N3O3S/c1-13(2)11-20(12-14(3)4)24(22,23)19-9-7-16(8-10-19)17(21)18-15(5)6/h13-16H,7-12H2,1-6H3,(H,18,21). The van der Waals surface area contributed by atoms with E-state index in [-0.39, 0.29) is 29.7 Å². The van der Waals surface area contributed by atoms with Crippen molar-refractivity contribution in [1.82, 2.24) is 13.9 Å². The fourth-order valence-electron chi connectivity index (χ4n) is 2.99. The van der Waals surface area contributed by atoms with Gasteiger partial charge in [0.05, 0.1) is 0 Å². The van der Waals surface area contributed by atoms with Gasteiger partial charge in [-0.25, -0.2) is 0 Å². The average molecular weight is 362 g/mol. The van der Waals surface area contributed by atoms with E-state index in [0.29, 0.717) is 39.0 Å². The number of rotatable bonds is 8. The average Bonchev–Trinajstić information content (AvgIpc) is 2.45. The number of amides is 1. The van der Waals surface area contributed by atoms with Gasteiger partial charge in [0, 0.05) is 38.1 Å². The molecule has 0 unspecified atom stereocenters. The van der Waals surface area contributed by atoms with E-state index in [4.69, 9.17) is 0 Å². The topological polar surface area (TPSA) is 69.7 Å². The Hall–Kier alpha value is -0.660. The van der Waals surface area contributed by atoms with Crippen molar-refractivity contribution in [2.75, 3.05) is 26.2 Å². The largest absolute Gasteiger partial charge is 0.354 e. The Bertz CT molecular complexity index is 485. The molecule has 0 aromatic rings. The van der Waals surface area contributed by atoms with Crippen LogP contribution in [0.3, 0.4) is 0 Å². The van der Waals surface area contributed by atoms with Gasteiger partial charge in [0.25, 0.3) is 10.2 Å². The van der Waals surface area contributed by atoms with Crippen LogP contribution in [0.4, 0.5) is 0 Å². The van der Waals surface area contributed by atoms with E-state index in [9.17, 15) is 13.2 Å². The number of nitrogens with zero attached hydrogens (tertiary/aromatic N) is 2. The van der Waals surface area contributed by atoms with E-state index in [0.717, 1.165) is 0 Å². The molecule has 142 valence electrons. The van der Waals surface area contributed by atoms with Gasteiger partial charge in [0.1, 0.15) is 0 Å². The second-order valence-electron chi connectivity index (χ2n) is 7.95. The summed E-state index contributed by atoms with van der Waals surface area (Å²) in [6.07, 6.45) is 1.18. The van der Waals surface area contributed by atoms with Crippen molar-refractivity contribution in [2.24, 2.45) is 17.8 Å². The highest BCUT2D eigenvalue weighted by Crippen LogP contribution is 2.23. The van der Waals surface area contributed by atoms with Crippen LogP contribution in [0.5, 0.6) is 0 Å². The summed E-state index contributed by atoms with van der Waals surface area (Å²) in [5.41, 5.74) is 0. The van der Waals surface area contributed by atoms with Crippen LogP contribution in [0, 0.1) is 17.8 Å². The quantitative estimate of drug-likeness (QED) is 0.720. The summed E-state index contributed by atoms with van der Waals surface area (Å²) in [5, 5.41) is 2.92. The summed E-state index contributed by atoms with van der Waals surface area (Å²) >= 11 is 0. The molecule has 0 aromatic carbocycles. The molecule has 0 aliphatic carbocycles. The number of carbonyl (C=O) groups is 1. The van der Waals surface area contributed by atoms with Crippen molar-refractivity contribution in [3.05, 3.63) is 0 Å². The Morgan fingerprint density at radius 3 is 1.88 bits per heavy atom. The second kappa shape index (κ2) is 9.15. The lowest BCUT2D eigenvalue weighted by molar-refractivity contribution is -0.126. The van der Waals surface area contributed by atoms with Crippen LogP contribution in [0.15, 0.2) is 0 Å². The zero-order valence-corrected chi connectivity index (χ0v) is 16.9. The van der Waals surface area contributed by atoms with Gasteiger partial charge in [-0.15, -0.1) is 0 Å². The smallest absolute Gasteiger partial charge is 0.281 e. The molecule has 6 nitrogen and oxygen atoms in total. The third-order valence-electron chi connectivity index (χ3n) is 4.05. The monoisotopic (exact) mass is 361 g/mol. The van der Waals surface area contributed by atoms with Crippen LogP contribution < -0.4 is 5.32 Å². The lowest BCUT2D eigenvalue weighted by Gasteiger charge is -2.35. The van der Waals surface area contributed by atoms with Gasteiger partial charge in [0.2, 0.25) is 5.91 Å². The van der Waals surface area contributed by atoms with Crippen LogP contribution in [0.2, 0.25) is 0 Å². The van der Waals surface area contributed by atoms with Crippen LogP contribution in [-0.4, -0.2) is 55.2 Å². The predicted molar refractivity (Wildman–Crippen MR) is 97.7 cm³/mol. The first kappa shape index (κ1) is 21.4. The highest BCUT2D eigenvalue weighted by molar-refractivity contribution is 7.86. The predicted octanol–water partition coefficient (Wildman–Crippen LogP) is 2.08. The van der Waals surface area contributed by atoms with Gasteiger partial charge in [-0.2, -0.15) is 17.0 Å². The van der Waals surface area contributed by atoms with Gasteiger partial charge < -0.3 is 5.32 Å². The first-order valence-electron chi connectivity index (χ1n) is 9.09. The molecular formula is C17H35N3O3S. The van der Waals surface area contributed by atoms with Crippen LogP contribution in [0.1, 0.15) is 54.4 Å². The molecule has 1 aliphatic rings. The minimum absolute atomic E-state index is 0.0447. The van der Waals surface area contributed by atoms with Crippen LogP contribution in [0.25, 0.3) is 0 Å². The number of nitrogens with one attached hydrogen (secondary N) is 1. The molecule has 1 rings (SSSR count). The fraction of sp³-hybridized carbons (Fsp3) is 0.941. The highest BCUT2D eigenvalue weighted by Gasteiger charge is 2.35. The Labute approximate surface area is 148 Å². The molecule has 1 saturated heterocycles.